The van der Waals surface area contributed by atoms with Crippen molar-refractivity contribution in [3.63, 3.8) is 0 Å². The van der Waals surface area contributed by atoms with Crippen LogP contribution in [0.15, 0.2) is 36.4 Å². The van der Waals surface area contributed by atoms with Gasteiger partial charge in [-0.15, -0.1) is 0 Å². The normalized spacial score (nSPS) is 14.9. The number of rotatable bonds is 3. The average Bonchev–Trinajstić information content (AvgIpc) is 2.84. The highest BCUT2D eigenvalue weighted by molar-refractivity contribution is 6.34. The number of carbonyl (C=O) groups is 1. The molecule has 1 atom stereocenters. The van der Waals surface area contributed by atoms with Crippen molar-refractivity contribution < 1.29 is 9.53 Å². The maximum absolute atomic E-state index is 12.7. The summed E-state index contributed by atoms with van der Waals surface area (Å²) in [5, 5.41) is 1.12. The second-order valence-electron chi connectivity index (χ2n) is 5.30. The summed E-state index contributed by atoms with van der Waals surface area (Å²) < 4.78 is 5.22. The Morgan fingerprint density at radius 2 is 1.86 bits per heavy atom. The van der Waals surface area contributed by atoms with Crippen molar-refractivity contribution in [2.75, 3.05) is 7.11 Å². The Bertz CT molecular complexity index is 728. The largest absolute Gasteiger partial charge is 0.497 e. The molecule has 3 nitrogen and oxygen atoms in total. The summed E-state index contributed by atoms with van der Waals surface area (Å²) in [5.41, 5.74) is 2.51. The van der Waals surface area contributed by atoms with Crippen molar-refractivity contribution in [1.82, 2.24) is 4.90 Å². The number of ether oxygens (including phenoxy) is 1. The van der Waals surface area contributed by atoms with E-state index in [1.807, 2.05) is 37.3 Å². The Labute approximate surface area is 139 Å². The summed E-state index contributed by atoms with van der Waals surface area (Å²) in [5.74, 6) is 0.614. The summed E-state index contributed by atoms with van der Waals surface area (Å²) in [4.78, 5) is 14.5. The zero-order valence-electron chi connectivity index (χ0n) is 12.3. The molecule has 0 spiro atoms. The third kappa shape index (κ3) is 2.55. The Kier molecular flexibility index (Phi) is 4.02. The zero-order valence-corrected chi connectivity index (χ0v) is 13.8. The van der Waals surface area contributed by atoms with Gasteiger partial charge in [0.25, 0.3) is 5.91 Å². The molecule has 3 rings (SSSR count). The summed E-state index contributed by atoms with van der Waals surface area (Å²) in [7, 11) is 1.59. The van der Waals surface area contributed by atoms with Crippen molar-refractivity contribution in [2.24, 2.45) is 0 Å². The van der Waals surface area contributed by atoms with E-state index in [4.69, 9.17) is 27.9 Å². The van der Waals surface area contributed by atoms with Gasteiger partial charge in [0.05, 0.1) is 23.7 Å². The minimum Gasteiger partial charge on any atom is -0.497 e. The number of carbonyl (C=O) groups excluding carboxylic acids is 1. The predicted octanol–water partition coefficient (Wildman–Crippen LogP) is 4.72. The first-order valence-electron chi connectivity index (χ1n) is 6.94. The van der Waals surface area contributed by atoms with Crippen LogP contribution in [-0.2, 0) is 6.54 Å². The molecule has 1 heterocycles. The summed E-state index contributed by atoms with van der Waals surface area (Å²) >= 11 is 12.2. The molecule has 2 aromatic rings. The third-order valence-electron chi connectivity index (χ3n) is 4.02. The van der Waals surface area contributed by atoms with Crippen molar-refractivity contribution in [2.45, 2.75) is 19.5 Å². The first-order valence-corrected chi connectivity index (χ1v) is 7.69. The fourth-order valence-electron chi connectivity index (χ4n) is 2.75. The van der Waals surface area contributed by atoms with E-state index < -0.39 is 0 Å². The van der Waals surface area contributed by atoms with Crippen LogP contribution in [0.4, 0.5) is 0 Å². The van der Waals surface area contributed by atoms with Crippen LogP contribution < -0.4 is 4.74 Å². The lowest BCUT2D eigenvalue weighted by atomic mass is 10.1. The molecule has 0 N–H and O–H groups in total. The molecule has 0 unspecified atom stereocenters. The first kappa shape index (κ1) is 15.2. The van der Waals surface area contributed by atoms with Gasteiger partial charge < -0.3 is 9.64 Å². The minimum atomic E-state index is -0.0563. The standard InChI is InChI=1S/C17H15Cl2NO2/c1-10(11-3-5-13(18)6-4-11)20-9-12-7-14(22-2)8-15(19)16(12)17(20)21/h3-8,10H,9H2,1-2H3/t10-/m0/s1. The molecule has 0 saturated heterocycles. The van der Waals surface area contributed by atoms with Crippen LogP contribution in [0.25, 0.3) is 0 Å². The topological polar surface area (TPSA) is 29.5 Å². The molecular formula is C17H15Cl2NO2. The third-order valence-corrected chi connectivity index (χ3v) is 4.57. The fraction of sp³-hybridized carbons (Fsp3) is 0.235. The Morgan fingerprint density at radius 1 is 1.18 bits per heavy atom. The van der Waals surface area contributed by atoms with Gasteiger partial charge in [-0.3, -0.25) is 4.79 Å². The van der Waals surface area contributed by atoms with E-state index >= 15 is 0 Å². The molecular weight excluding hydrogens is 321 g/mol. The molecule has 0 radical (unpaired) electrons. The fourth-order valence-corrected chi connectivity index (χ4v) is 3.19. The van der Waals surface area contributed by atoms with Gasteiger partial charge in [0, 0.05) is 11.6 Å². The number of nitrogens with zero attached hydrogens (tertiary/aromatic N) is 1. The molecule has 2 aromatic carbocycles. The predicted molar refractivity (Wildman–Crippen MR) is 87.7 cm³/mol. The summed E-state index contributed by atoms with van der Waals surface area (Å²) in [6.45, 7) is 2.52. The van der Waals surface area contributed by atoms with Crippen LogP contribution in [0.2, 0.25) is 10.0 Å². The van der Waals surface area contributed by atoms with Crippen LogP contribution in [0.3, 0.4) is 0 Å². The van der Waals surface area contributed by atoms with Crippen molar-refractivity contribution >= 4 is 29.1 Å². The van der Waals surface area contributed by atoms with Crippen LogP contribution >= 0.6 is 23.2 Å². The smallest absolute Gasteiger partial charge is 0.256 e. The second kappa shape index (κ2) is 5.82. The van der Waals surface area contributed by atoms with Gasteiger partial charge in [0.1, 0.15) is 5.75 Å². The Morgan fingerprint density at radius 3 is 2.50 bits per heavy atom. The number of amides is 1. The van der Waals surface area contributed by atoms with Crippen LogP contribution in [-0.4, -0.2) is 17.9 Å². The van der Waals surface area contributed by atoms with Gasteiger partial charge in [-0.25, -0.2) is 0 Å². The highest BCUT2D eigenvalue weighted by Gasteiger charge is 2.33. The molecule has 114 valence electrons. The number of halogens is 2. The van der Waals surface area contributed by atoms with E-state index in [0.29, 0.717) is 27.9 Å². The van der Waals surface area contributed by atoms with E-state index in [1.54, 1.807) is 18.1 Å². The van der Waals surface area contributed by atoms with Gasteiger partial charge in [0.15, 0.2) is 0 Å². The lowest BCUT2D eigenvalue weighted by Gasteiger charge is -2.24. The minimum absolute atomic E-state index is 0.0508. The number of fused-ring (bicyclic) bond motifs is 1. The number of methoxy groups -OCH3 is 1. The zero-order chi connectivity index (χ0) is 15.9. The van der Waals surface area contributed by atoms with Crippen molar-refractivity contribution in [3.05, 3.63) is 63.1 Å². The van der Waals surface area contributed by atoms with Gasteiger partial charge in [0.2, 0.25) is 0 Å². The summed E-state index contributed by atoms with van der Waals surface area (Å²) in [6.07, 6.45) is 0. The van der Waals surface area contributed by atoms with Crippen LogP contribution in [0.5, 0.6) is 5.75 Å². The maximum Gasteiger partial charge on any atom is 0.256 e. The molecule has 1 aliphatic rings. The van der Waals surface area contributed by atoms with Crippen molar-refractivity contribution in [3.8, 4) is 5.75 Å². The molecule has 0 aromatic heterocycles. The Balaban J connectivity index is 1.93. The van der Waals surface area contributed by atoms with E-state index in [-0.39, 0.29) is 11.9 Å². The van der Waals surface area contributed by atoms with Crippen molar-refractivity contribution in [1.29, 1.82) is 0 Å². The molecule has 0 aliphatic carbocycles. The lowest BCUT2D eigenvalue weighted by Crippen LogP contribution is -2.27. The maximum atomic E-state index is 12.7. The first-order chi connectivity index (χ1) is 10.5. The van der Waals surface area contributed by atoms with Gasteiger partial charge in [-0.1, -0.05) is 35.3 Å². The average molecular weight is 336 g/mol. The molecule has 1 aliphatic heterocycles. The monoisotopic (exact) mass is 335 g/mol. The van der Waals surface area contributed by atoms with Crippen LogP contribution in [0, 0.1) is 0 Å². The van der Waals surface area contributed by atoms with Crippen LogP contribution in [0.1, 0.15) is 34.5 Å². The molecule has 0 bridgehead atoms. The molecule has 0 fully saturated rings. The van der Waals surface area contributed by atoms with Gasteiger partial charge >= 0.3 is 0 Å². The molecule has 22 heavy (non-hydrogen) atoms. The van der Waals surface area contributed by atoms with Gasteiger partial charge in [-0.2, -0.15) is 0 Å². The van der Waals surface area contributed by atoms with Gasteiger partial charge in [-0.05, 0) is 42.3 Å². The molecule has 1 amide bonds. The summed E-state index contributed by atoms with van der Waals surface area (Å²) in [6, 6.07) is 11.0. The number of hydrogen-bond donors (Lipinski definition) is 0. The van der Waals surface area contributed by atoms with E-state index in [2.05, 4.69) is 0 Å². The Hall–Kier alpha value is -1.71. The highest BCUT2D eigenvalue weighted by Crippen LogP contribution is 2.37. The second-order valence-corrected chi connectivity index (χ2v) is 6.15. The van der Waals surface area contributed by atoms with E-state index in [9.17, 15) is 4.79 Å². The number of benzene rings is 2. The molecule has 5 heteroatoms. The van der Waals surface area contributed by atoms with E-state index in [1.165, 1.54) is 0 Å². The quantitative estimate of drug-likeness (QED) is 0.812. The number of hydrogen-bond acceptors (Lipinski definition) is 2. The highest BCUT2D eigenvalue weighted by atomic mass is 35.5. The lowest BCUT2D eigenvalue weighted by molar-refractivity contribution is 0.0716. The van der Waals surface area contributed by atoms with E-state index in [0.717, 1.165) is 11.1 Å². The SMILES string of the molecule is COc1cc(Cl)c2c(c1)CN([C@@H](C)c1ccc(Cl)cc1)C2=O. The molecule has 0 saturated carbocycles.